The molecule has 11 heteroatoms. The van der Waals surface area contributed by atoms with Crippen molar-refractivity contribution in [3.8, 4) is 0 Å². The summed E-state index contributed by atoms with van der Waals surface area (Å²) in [6.45, 7) is 6.37. The molecule has 2 heterocycles. The summed E-state index contributed by atoms with van der Waals surface area (Å²) in [4.78, 5) is 37.1. The lowest BCUT2D eigenvalue weighted by molar-refractivity contribution is -0.255. The minimum atomic E-state index is -2.80. The highest BCUT2D eigenvalue weighted by Gasteiger charge is 2.96. The summed E-state index contributed by atoms with van der Waals surface area (Å²) in [6.07, 6.45) is -8.18. The first-order valence-corrected chi connectivity index (χ1v) is 10.2. The quantitative estimate of drug-likeness (QED) is 0.284. The first-order valence-electron chi connectivity index (χ1n) is 10.2. The monoisotopic (exact) mass is 444 g/mol. The molecule has 1 spiro atoms. The standard InChI is InChI=1S/C20H28O11/c1-7-13(25)30-10-6-17-9(21)5-8(16(2,3)4)18(17,11(22)12(23)24)15(28)31-20(17,14(26)27)19(7,10)29/h7-11,15,21-22,28-29H,5-6H2,1-4H3,(H,23,24)(H,26,27)/t7-,8+,9-,10+,11+,15+,17-,18+,19-,20-/m1/s1. The summed E-state index contributed by atoms with van der Waals surface area (Å²) in [5, 5.41) is 65.3. The van der Waals surface area contributed by atoms with Gasteiger partial charge in [0.05, 0.1) is 22.9 Å². The molecule has 0 aromatic heterocycles. The van der Waals surface area contributed by atoms with Gasteiger partial charge in [0.2, 0.25) is 5.60 Å². The molecule has 2 aliphatic carbocycles. The Bertz CT molecular complexity index is 866. The number of ether oxygens (including phenoxy) is 2. The lowest BCUT2D eigenvalue weighted by atomic mass is 9.50. The first kappa shape index (κ1) is 22.4. The SMILES string of the molecule is C[C@@H]1C(=O)O[C@H]2C[C@@]34[C@H](O)C[C@@H](C(C)(C)C)[C@]3([C@@H](O)C(=O)O)[C@@H](O)O[C@@]4(C(=O)O)[C@]21O. The van der Waals surface area contributed by atoms with E-state index in [4.69, 9.17) is 9.47 Å². The van der Waals surface area contributed by atoms with Crippen LogP contribution in [-0.4, -0.2) is 84.4 Å². The van der Waals surface area contributed by atoms with Crippen molar-refractivity contribution in [3.63, 3.8) is 0 Å². The molecule has 2 aliphatic heterocycles. The fourth-order valence-corrected chi connectivity index (χ4v) is 7.50. The lowest BCUT2D eigenvalue weighted by Gasteiger charge is -2.51. The third kappa shape index (κ3) is 1.97. The van der Waals surface area contributed by atoms with E-state index in [-0.39, 0.29) is 6.42 Å². The molecule has 0 aromatic carbocycles. The summed E-state index contributed by atoms with van der Waals surface area (Å²) >= 11 is 0. The molecule has 2 saturated carbocycles. The van der Waals surface area contributed by atoms with Crippen molar-refractivity contribution in [1.82, 2.24) is 0 Å². The number of aliphatic hydroxyl groups excluding tert-OH is 3. The van der Waals surface area contributed by atoms with E-state index in [0.717, 1.165) is 0 Å². The van der Waals surface area contributed by atoms with E-state index < -0.39 is 88.2 Å². The molecule has 174 valence electrons. The Hall–Kier alpha value is -1.79. The molecular weight excluding hydrogens is 416 g/mol. The van der Waals surface area contributed by atoms with E-state index in [9.17, 15) is 45.0 Å². The van der Waals surface area contributed by atoms with Crippen LogP contribution in [0.5, 0.6) is 0 Å². The third-order valence-corrected chi connectivity index (χ3v) is 8.57. The van der Waals surface area contributed by atoms with Gasteiger partial charge in [-0.1, -0.05) is 20.8 Å². The number of esters is 1. The Morgan fingerprint density at radius 1 is 1.19 bits per heavy atom. The van der Waals surface area contributed by atoms with Gasteiger partial charge in [-0.05, 0) is 31.1 Å². The predicted octanol–water partition coefficient (Wildman–Crippen LogP) is -1.30. The number of aliphatic hydroxyl groups is 4. The second-order valence-electron chi connectivity index (χ2n) is 10.4. The molecule has 11 nitrogen and oxygen atoms in total. The number of carbonyl (C=O) groups excluding carboxylic acids is 1. The minimum absolute atomic E-state index is 0.158. The van der Waals surface area contributed by atoms with Crippen molar-refractivity contribution < 1.29 is 54.5 Å². The normalized spacial score (nSPS) is 51.7. The number of rotatable bonds is 3. The van der Waals surface area contributed by atoms with Crippen LogP contribution in [0.25, 0.3) is 0 Å². The average Bonchev–Trinajstić information content (AvgIpc) is 3.21. The zero-order valence-electron chi connectivity index (χ0n) is 17.6. The van der Waals surface area contributed by atoms with Crippen molar-refractivity contribution in [2.75, 3.05) is 0 Å². The van der Waals surface area contributed by atoms with Gasteiger partial charge in [-0.3, -0.25) is 4.79 Å². The van der Waals surface area contributed by atoms with Gasteiger partial charge in [0, 0.05) is 0 Å². The van der Waals surface area contributed by atoms with Crippen LogP contribution in [0.15, 0.2) is 0 Å². The van der Waals surface area contributed by atoms with Crippen LogP contribution >= 0.6 is 0 Å². The molecule has 0 amide bonds. The fraction of sp³-hybridized carbons (Fsp3) is 0.850. The van der Waals surface area contributed by atoms with E-state index in [0.29, 0.717) is 0 Å². The number of carbonyl (C=O) groups is 3. The molecule has 6 N–H and O–H groups in total. The summed E-state index contributed by atoms with van der Waals surface area (Å²) < 4.78 is 10.8. The van der Waals surface area contributed by atoms with Crippen LogP contribution in [0.2, 0.25) is 0 Å². The van der Waals surface area contributed by atoms with E-state index in [2.05, 4.69) is 0 Å². The van der Waals surface area contributed by atoms with Gasteiger partial charge >= 0.3 is 17.9 Å². The van der Waals surface area contributed by atoms with Gasteiger partial charge < -0.3 is 40.1 Å². The highest BCUT2D eigenvalue weighted by Crippen LogP contribution is 2.80. The predicted molar refractivity (Wildman–Crippen MR) is 98.1 cm³/mol. The fourth-order valence-electron chi connectivity index (χ4n) is 7.50. The van der Waals surface area contributed by atoms with Gasteiger partial charge in [-0.25, -0.2) is 9.59 Å². The second-order valence-corrected chi connectivity index (χ2v) is 10.4. The van der Waals surface area contributed by atoms with Crippen LogP contribution in [0.4, 0.5) is 0 Å². The van der Waals surface area contributed by atoms with E-state index in [1.54, 1.807) is 20.8 Å². The third-order valence-electron chi connectivity index (χ3n) is 8.57. The maximum Gasteiger partial charge on any atom is 0.340 e. The molecule has 10 atom stereocenters. The number of carboxylic acids is 2. The zero-order chi connectivity index (χ0) is 23.5. The van der Waals surface area contributed by atoms with Gasteiger partial charge in [-0.2, -0.15) is 0 Å². The molecule has 4 fully saturated rings. The average molecular weight is 444 g/mol. The van der Waals surface area contributed by atoms with Crippen molar-refractivity contribution in [2.24, 2.45) is 28.1 Å². The molecule has 0 bridgehead atoms. The molecule has 2 saturated heterocycles. The maximum absolute atomic E-state index is 12.8. The van der Waals surface area contributed by atoms with Gasteiger partial charge in [0.25, 0.3) is 0 Å². The maximum atomic E-state index is 12.8. The molecule has 4 aliphatic rings. The van der Waals surface area contributed by atoms with Gasteiger partial charge in [0.15, 0.2) is 18.0 Å². The number of hydrogen-bond acceptors (Lipinski definition) is 9. The van der Waals surface area contributed by atoms with Crippen molar-refractivity contribution in [2.45, 2.75) is 76.3 Å². The summed E-state index contributed by atoms with van der Waals surface area (Å²) in [6, 6.07) is 0. The Morgan fingerprint density at radius 3 is 2.26 bits per heavy atom. The van der Waals surface area contributed by atoms with Gasteiger partial charge in [0.1, 0.15) is 6.10 Å². The van der Waals surface area contributed by atoms with E-state index in [1.807, 2.05) is 0 Å². The topological polar surface area (TPSA) is 191 Å². The number of aliphatic carboxylic acids is 2. The Labute approximate surface area is 177 Å². The molecular formula is C20H28O11. The molecule has 0 unspecified atom stereocenters. The highest BCUT2D eigenvalue weighted by atomic mass is 16.7. The second kappa shape index (κ2) is 5.96. The van der Waals surface area contributed by atoms with E-state index in [1.165, 1.54) is 6.92 Å². The summed E-state index contributed by atoms with van der Waals surface area (Å²) in [7, 11) is 0. The van der Waals surface area contributed by atoms with E-state index >= 15 is 0 Å². The summed E-state index contributed by atoms with van der Waals surface area (Å²) in [5.74, 6) is -6.72. The van der Waals surface area contributed by atoms with Gasteiger partial charge in [-0.15, -0.1) is 0 Å². The van der Waals surface area contributed by atoms with Crippen LogP contribution < -0.4 is 0 Å². The van der Waals surface area contributed by atoms with Crippen molar-refractivity contribution in [3.05, 3.63) is 0 Å². The Kier molecular flexibility index (Phi) is 4.31. The highest BCUT2D eigenvalue weighted by molar-refractivity contribution is 5.89. The first-order chi connectivity index (χ1) is 14.1. The van der Waals surface area contributed by atoms with Crippen molar-refractivity contribution in [1.29, 1.82) is 0 Å². The minimum Gasteiger partial charge on any atom is -0.479 e. The number of carboxylic acid groups (broad SMARTS) is 2. The van der Waals surface area contributed by atoms with Crippen LogP contribution in [-0.2, 0) is 23.9 Å². The molecule has 4 rings (SSSR count). The smallest absolute Gasteiger partial charge is 0.340 e. The Morgan fingerprint density at radius 2 is 1.77 bits per heavy atom. The largest absolute Gasteiger partial charge is 0.479 e. The lowest BCUT2D eigenvalue weighted by Crippen LogP contribution is -2.70. The number of hydrogen-bond donors (Lipinski definition) is 6. The van der Waals surface area contributed by atoms with Crippen LogP contribution in [0, 0.1) is 28.1 Å². The molecule has 31 heavy (non-hydrogen) atoms. The summed E-state index contributed by atoms with van der Waals surface area (Å²) in [5.41, 5.74) is -10.5. The van der Waals surface area contributed by atoms with Crippen molar-refractivity contribution >= 4 is 17.9 Å². The number of fused-ring (bicyclic) bond motifs is 2. The zero-order valence-corrected chi connectivity index (χ0v) is 17.6. The van der Waals surface area contributed by atoms with Crippen LogP contribution in [0.3, 0.4) is 0 Å². The van der Waals surface area contributed by atoms with Crippen LogP contribution in [0.1, 0.15) is 40.5 Å². The molecule has 0 radical (unpaired) electrons. The molecule has 0 aromatic rings. The Balaban J connectivity index is 2.12.